The number of halogens is 1. The highest BCUT2D eigenvalue weighted by Crippen LogP contribution is 2.13. The highest BCUT2D eigenvalue weighted by molar-refractivity contribution is 14.0. The number of hydrogen-bond donors (Lipinski definition) is 2. The summed E-state index contributed by atoms with van der Waals surface area (Å²) in [4.78, 5) is 10.9. The number of aryl methyl sites for hydroxylation is 1. The van der Waals surface area contributed by atoms with Gasteiger partial charge in [-0.3, -0.25) is 9.89 Å². The molecule has 1 aliphatic rings. The molecule has 8 nitrogen and oxygen atoms in total. The molecule has 0 aliphatic carbocycles. The lowest BCUT2D eigenvalue weighted by Gasteiger charge is -2.27. The van der Waals surface area contributed by atoms with Gasteiger partial charge in [0.25, 0.3) is 0 Å². The van der Waals surface area contributed by atoms with Crippen LogP contribution in [0.4, 0.5) is 0 Å². The quantitative estimate of drug-likeness (QED) is 0.340. The molecule has 1 aromatic heterocycles. The first kappa shape index (κ1) is 22.6. The normalized spacial score (nSPS) is 15.1. The maximum absolute atomic E-state index is 5.44. The Morgan fingerprint density at radius 1 is 1.18 bits per heavy atom. The summed E-state index contributed by atoms with van der Waals surface area (Å²) in [6.45, 7) is 7.77. The maximum atomic E-state index is 5.44. The van der Waals surface area contributed by atoms with Crippen molar-refractivity contribution < 1.29 is 9.26 Å². The molecule has 3 rings (SSSR count). The van der Waals surface area contributed by atoms with Crippen molar-refractivity contribution >= 4 is 29.9 Å². The predicted octanol–water partition coefficient (Wildman–Crippen LogP) is 1.74. The van der Waals surface area contributed by atoms with Crippen molar-refractivity contribution in [1.82, 2.24) is 25.7 Å². The van der Waals surface area contributed by atoms with Gasteiger partial charge < -0.3 is 19.9 Å². The van der Waals surface area contributed by atoms with Crippen LogP contribution < -0.4 is 10.6 Å². The van der Waals surface area contributed by atoms with Crippen molar-refractivity contribution in [2.45, 2.75) is 26.4 Å². The SMILES string of the molecule is CN=C(NCCc1nc(C)no1)NCc1ccccc1CN1CCOCC1.I. The van der Waals surface area contributed by atoms with E-state index in [1.165, 1.54) is 11.1 Å². The molecule has 0 saturated carbocycles. The Balaban J connectivity index is 0.00000280. The molecule has 1 fully saturated rings. The van der Waals surface area contributed by atoms with Gasteiger partial charge in [0.1, 0.15) is 0 Å². The molecule has 1 aromatic carbocycles. The monoisotopic (exact) mass is 500 g/mol. The minimum atomic E-state index is 0. The van der Waals surface area contributed by atoms with Crippen LogP contribution in [0.3, 0.4) is 0 Å². The average Bonchev–Trinajstić information content (AvgIpc) is 3.11. The third kappa shape index (κ3) is 7.02. The molecule has 9 heteroatoms. The highest BCUT2D eigenvalue weighted by Gasteiger charge is 2.13. The van der Waals surface area contributed by atoms with E-state index in [1.54, 1.807) is 7.05 Å². The number of hydrogen-bond acceptors (Lipinski definition) is 6. The number of ether oxygens (including phenoxy) is 1. The lowest BCUT2D eigenvalue weighted by atomic mass is 10.1. The second-order valence-corrected chi connectivity index (χ2v) is 6.50. The second kappa shape index (κ2) is 12.0. The lowest BCUT2D eigenvalue weighted by Crippen LogP contribution is -2.38. The molecule has 2 heterocycles. The van der Waals surface area contributed by atoms with Crippen molar-refractivity contribution in [3.05, 3.63) is 47.1 Å². The summed E-state index contributed by atoms with van der Waals surface area (Å²) in [5, 5.41) is 10.5. The average molecular weight is 500 g/mol. The van der Waals surface area contributed by atoms with Gasteiger partial charge in [0, 0.05) is 46.2 Å². The van der Waals surface area contributed by atoms with Crippen LogP contribution in [0.15, 0.2) is 33.8 Å². The third-order valence-electron chi connectivity index (χ3n) is 4.49. The number of nitrogens with one attached hydrogen (secondary N) is 2. The first-order valence-electron chi connectivity index (χ1n) is 9.35. The van der Waals surface area contributed by atoms with Crippen LogP contribution in [0.1, 0.15) is 22.8 Å². The van der Waals surface area contributed by atoms with Crippen LogP contribution in [-0.4, -0.2) is 60.9 Å². The number of aliphatic imine (C=N–C) groups is 1. The molecule has 0 amide bonds. The smallest absolute Gasteiger partial charge is 0.228 e. The Morgan fingerprint density at radius 2 is 1.93 bits per heavy atom. The van der Waals surface area contributed by atoms with Gasteiger partial charge in [-0.25, -0.2) is 0 Å². The van der Waals surface area contributed by atoms with E-state index < -0.39 is 0 Å². The fourth-order valence-electron chi connectivity index (χ4n) is 3.01. The Hall–Kier alpha value is -1.72. The fraction of sp³-hybridized carbons (Fsp3) is 0.526. The van der Waals surface area contributed by atoms with Crippen molar-refractivity contribution in [3.8, 4) is 0 Å². The molecule has 0 atom stereocenters. The maximum Gasteiger partial charge on any atom is 0.228 e. The molecule has 0 bridgehead atoms. The first-order chi connectivity index (χ1) is 13.2. The number of nitrogens with zero attached hydrogens (tertiary/aromatic N) is 4. The van der Waals surface area contributed by atoms with Gasteiger partial charge in [-0.1, -0.05) is 29.4 Å². The number of benzene rings is 1. The Kier molecular flexibility index (Phi) is 9.65. The second-order valence-electron chi connectivity index (χ2n) is 6.50. The predicted molar refractivity (Wildman–Crippen MR) is 119 cm³/mol. The molecule has 0 radical (unpaired) electrons. The zero-order valence-corrected chi connectivity index (χ0v) is 18.8. The molecule has 2 aromatic rings. The van der Waals surface area contributed by atoms with E-state index in [4.69, 9.17) is 9.26 Å². The summed E-state index contributed by atoms with van der Waals surface area (Å²) in [6.07, 6.45) is 0.662. The fourth-order valence-corrected chi connectivity index (χ4v) is 3.01. The number of rotatable bonds is 7. The first-order valence-corrected chi connectivity index (χ1v) is 9.35. The number of guanidine groups is 1. The standard InChI is InChI=1S/C19H28N6O2.HI/c1-15-23-18(27-24-15)7-8-21-19(20-2)22-13-16-5-3-4-6-17(16)14-25-9-11-26-12-10-25;/h3-6H,7-14H2,1-2H3,(H2,20,21,22);1H. The summed E-state index contributed by atoms with van der Waals surface area (Å²) in [5.74, 6) is 2.04. The van der Waals surface area contributed by atoms with E-state index in [2.05, 4.69) is 54.9 Å². The van der Waals surface area contributed by atoms with Crippen LogP contribution >= 0.6 is 24.0 Å². The topological polar surface area (TPSA) is 87.8 Å². The van der Waals surface area contributed by atoms with Gasteiger partial charge in [-0.2, -0.15) is 4.98 Å². The van der Waals surface area contributed by atoms with Gasteiger partial charge >= 0.3 is 0 Å². The van der Waals surface area contributed by atoms with E-state index in [9.17, 15) is 0 Å². The number of aromatic nitrogens is 2. The van der Waals surface area contributed by atoms with Crippen LogP contribution in [0.2, 0.25) is 0 Å². The largest absolute Gasteiger partial charge is 0.379 e. The molecule has 154 valence electrons. The summed E-state index contributed by atoms with van der Waals surface area (Å²) < 4.78 is 10.6. The van der Waals surface area contributed by atoms with E-state index in [-0.39, 0.29) is 24.0 Å². The van der Waals surface area contributed by atoms with Gasteiger partial charge in [0.15, 0.2) is 11.8 Å². The third-order valence-corrected chi connectivity index (χ3v) is 4.49. The summed E-state index contributed by atoms with van der Waals surface area (Å²) in [6, 6.07) is 8.53. The summed E-state index contributed by atoms with van der Waals surface area (Å²) in [7, 11) is 1.77. The van der Waals surface area contributed by atoms with Crippen molar-refractivity contribution in [3.63, 3.8) is 0 Å². The van der Waals surface area contributed by atoms with Crippen molar-refractivity contribution in [2.24, 2.45) is 4.99 Å². The van der Waals surface area contributed by atoms with Gasteiger partial charge in [0.05, 0.1) is 13.2 Å². The molecule has 0 spiro atoms. The zero-order valence-electron chi connectivity index (χ0n) is 16.5. The van der Waals surface area contributed by atoms with E-state index in [0.717, 1.165) is 45.4 Å². The van der Waals surface area contributed by atoms with E-state index in [0.29, 0.717) is 24.7 Å². The Bertz CT molecular complexity index is 746. The summed E-state index contributed by atoms with van der Waals surface area (Å²) >= 11 is 0. The minimum absolute atomic E-state index is 0. The van der Waals surface area contributed by atoms with Gasteiger partial charge in [-0.05, 0) is 18.1 Å². The van der Waals surface area contributed by atoms with Crippen LogP contribution in [0.25, 0.3) is 0 Å². The highest BCUT2D eigenvalue weighted by atomic mass is 127. The number of morpholine rings is 1. The molecule has 2 N–H and O–H groups in total. The lowest BCUT2D eigenvalue weighted by molar-refractivity contribution is 0.0341. The van der Waals surface area contributed by atoms with Gasteiger partial charge in [-0.15, -0.1) is 24.0 Å². The van der Waals surface area contributed by atoms with Crippen LogP contribution in [-0.2, 0) is 24.2 Å². The van der Waals surface area contributed by atoms with Crippen LogP contribution in [0, 0.1) is 6.92 Å². The van der Waals surface area contributed by atoms with Crippen molar-refractivity contribution in [2.75, 3.05) is 39.9 Å². The molecule has 28 heavy (non-hydrogen) atoms. The summed E-state index contributed by atoms with van der Waals surface area (Å²) in [5.41, 5.74) is 2.61. The minimum Gasteiger partial charge on any atom is -0.379 e. The van der Waals surface area contributed by atoms with Crippen molar-refractivity contribution in [1.29, 1.82) is 0 Å². The Labute approximate surface area is 183 Å². The van der Waals surface area contributed by atoms with Gasteiger partial charge in [0.2, 0.25) is 5.89 Å². The molecular weight excluding hydrogens is 471 g/mol. The zero-order chi connectivity index (χ0) is 18.9. The molecule has 1 saturated heterocycles. The van der Waals surface area contributed by atoms with E-state index in [1.807, 2.05) is 6.92 Å². The van der Waals surface area contributed by atoms with E-state index >= 15 is 0 Å². The molecule has 1 aliphatic heterocycles. The van der Waals surface area contributed by atoms with Crippen LogP contribution in [0.5, 0.6) is 0 Å². The molecule has 0 unspecified atom stereocenters. The Morgan fingerprint density at radius 3 is 2.61 bits per heavy atom. The molecular formula is C19H29IN6O2.